The van der Waals surface area contributed by atoms with Gasteiger partial charge in [0, 0.05) is 20.2 Å². The fraction of sp³-hybridized carbons (Fsp3) is 0.833. The van der Waals surface area contributed by atoms with Crippen molar-refractivity contribution in [1.29, 1.82) is 0 Å². The lowest BCUT2D eigenvalue weighted by molar-refractivity contribution is 0.152. The van der Waals surface area contributed by atoms with E-state index >= 15 is 0 Å². The van der Waals surface area contributed by atoms with Crippen LogP contribution in [-0.4, -0.2) is 32.8 Å². The molecule has 0 saturated heterocycles. The van der Waals surface area contributed by atoms with Crippen LogP contribution < -0.4 is 16.6 Å². The van der Waals surface area contributed by atoms with E-state index in [4.69, 9.17) is 10.6 Å². The van der Waals surface area contributed by atoms with Crippen LogP contribution in [0, 0.1) is 0 Å². The van der Waals surface area contributed by atoms with Gasteiger partial charge in [0.1, 0.15) is 0 Å². The van der Waals surface area contributed by atoms with Crippen LogP contribution >= 0.6 is 0 Å². The molecule has 0 aromatic heterocycles. The van der Waals surface area contributed by atoms with Crippen molar-refractivity contribution < 1.29 is 4.74 Å². The molecule has 0 bridgehead atoms. The summed E-state index contributed by atoms with van der Waals surface area (Å²) in [6.45, 7) is 4.06. The fourth-order valence-electron chi connectivity index (χ4n) is 0.581. The van der Waals surface area contributed by atoms with E-state index in [9.17, 15) is 0 Å². The Hall–Kier alpha value is -0.810. The molecular weight excluding hydrogens is 144 g/mol. The largest absolute Gasteiger partial charge is 0.380 e. The summed E-state index contributed by atoms with van der Waals surface area (Å²) in [6, 6.07) is 0. The van der Waals surface area contributed by atoms with Gasteiger partial charge in [0.05, 0.1) is 6.61 Å². The molecule has 5 nitrogen and oxygen atoms in total. The molecule has 0 radical (unpaired) electrons. The lowest BCUT2D eigenvalue weighted by Crippen LogP contribution is -2.42. The Morgan fingerprint density at radius 3 is 2.82 bits per heavy atom. The van der Waals surface area contributed by atoms with Gasteiger partial charge in [0.2, 0.25) is 5.96 Å². The van der Waals surface area contributed by atoms with E-state index in [0.29, 0.717) is 19.1 Å². The molecule has 0 aromatic carbocycles. The number of hydrazine groups is 1. The molecule has 0 fully saturated rings. The molecule has 0 unspecified atom stereocenters. The molecular formula is C6H16N4O. The number of hydrogen-bond acceptors (Lipinski definition) is 3. The average Bonchev–Trinajstić information content (AvgIpc) is 2.05. The summed E-state index contributed by atoms with van der Waals surface area (Å²) >= 11 is 0. The molecule has 0 saturated carbocycles. The highest BCUT2D eigenvalue weighted by Gasteiger charge is 1.90. The molecule has 4 N–H and O–H groups in total. The Labute approximate surface area is 67.0 Å². The minimum atomic E-state index is 0.574. The molecule has 0 heterocycles. The van der Waals surface area contributed by atoms with Crippen molar-refractivity contribution >= 4 is 5.96 Å². The second-order valence-electron chi connectivity index (χ2n) is 1.84. The lowest BCUT2D eigenvalue weighted by atomic mass is 10.6. The highest BCUT2D eigenvalue weighted by molar-refractivity contribution is 5.78. The van der Waals surface area contributed by atoms with Crippen LogP contribution in [0.5, 0.6) is 0 Å². The standard InChI is InChI=1S/C6H16N4O/c1-3-11-5-4-9-6(8-2)10-7/h3-5,7H2,1-2H3,(H2,8,9,10). The van der Waals surface area contributed by atoms with Crippen LogP contribution in [0.25, 0.3) is 0 Å². The number of hydrogen-bond donors (Lipinski definition) is 3. The first-order valence-electron chi connectivity index (χ1n) is 3.60. The number of ether oxygens (including phenoxy) is 1. The van der Waals surface area contributed by atoms with Gasteiger partial charge in [0.25, 0.3) is 0 Å². The predicted molar refractivity (Wildman–Crippen MR) is 45.2 cm³/mol. The van der Waals surface area contributed by atoms with Crippen LogP contribution in [0.4, 0.5) is 0 Å². The van der Waals surface area contributed by atoms with Crippen molar-refractivity contribution in [1.82, 2.24) is 10.7 Å². The molecule has 0 atom stereocenters. The number of nitrogens with zero attached hydrogens (tertiary/aromatic N) is 1. The zero-order valence-corrected chi connectivity index (χ0v) is 7.05. The maximum absolute atomic E-state index is 5.11. The third kappa shape index (κ3) is 5.63. The van der Waals surface area contributed by atoms with E-state index in [2.05, 4.69) is 15.7 Å². The summed E-state index contributed by atoms with van der Waals surface area (Å²) in [5.74, 6) is 5.69. The van der Waals surface area contributed by atoms with Gasteiger partial charge < -0.3 is 10.1 Å². The molecule has 0 aromatic rings. The van der Waals surface area contributed by atoms with Gasteiger partial charge in [-0.3, -0.25) is 10.4 Å². The summed E-state index contributed by atoms with van der Waals surface area (Å²) < 4.78 is 5.09. The highest BCUT2D eigenvalue weighted by atomic mass is 16.5. The van der Waals surface area contributed by atoms with Crippen molar-refractivity contribution in [2.45, 2.75) is 6.92 Å². The van der Waals surface area contributed by atoms with E-state index in [0.717, 1.165) is 6.61 Å². The molecule has 66 valence electrons. The van der Waals surface area contributed by atoms with E-state index in [1.54, 1.807) is 7.05 Å². The third-order valence-electron chi connectivity index (χ3n) is 1.10. The van der Waals surface area contributed by atoms with E-state index in [1.807, 2.05) is 6.92 Å². The van der Waals surface area contributed by atoms with Crippen molar-refractivity contribution in [3.05, 3.63) is 0 Å². The van der Waals surface area contributed by atoms with Crippen molar-refractivity contribution in [2.75, 3.05) is 26.8 Å². The Balaban J connectivity index is 3.22. The zero-order valence-electron chi connectivity index (χ0n) is 7.05. The van der Waals surface area contributed by atoms with Crippen LogP contribution in [0.15, 0.2) is 4.99 Å². The molecule has 0 aliphatic rings. The van der Waals surface area contributed by atoms with Crippen LogP contribution in [0.1, 0.15) is 6.92 Å². The Bertz CT molecular complexity index is 115. The third-order valence-corrected chi connectivity index (χ3v) is 1.10. The van der Waals surface area contributed by atoms with Crippen LogP contribution in [0.3, 0.4) is 0 Å². The van der Waals surface area contributed by atoms with E-state index < -0.39 is 0 Å². The first kappa shape index (κ1) is 10.2. The van der Waals surface area contributed by atoms with Crippen molar-refractivity contribution in [3.63, 3.8) is 0 Å². The molecule has 0 amide bonds. The topological polar surface area (TPSA) is 71.7 Å². The molecule has 0 spiro atoms. The summed E-state index contributed by atoms with van der Waals surface area (Å²) in [6.07, 6.45) is 0. The van der Waals surface area contributed by atoms with Gasteiger partial charge in [-0.1, -0.05) is 0 Å². The predicted octanol–water partition coefficient (Wildman–Crippen LogP) is -0.938. The number of rotatable bonds is 4. The minimum absolute atomic E-state index is 0.574. The average molecular weight is 160 g/mol. The number of guanidine groups is 1. The van der Waals surface area contributed by atoms with E-state index in [1.165, 1.54) is 0 Å². The summed E-state index contributed by atoms with van der Waals surface area (Å²) in [7, 11) is 1.66. The smallest absolute Gasteiger partial charge is 0.205 e. The quantitative estimate of drug-likeness (QED) is 0.163. The SMILES string of the molecule is CCOCCNC(=NC)NN. The number of nitrogens with two attached hydrogens (primary N) is 1. The first-order chi connectivity index (χ1) is 5.35. The maximum Gasteiger partial charge on any atom is 0.205 e. The molecule has 0 aliphatic heterocycles. The van der Waals surface area contributed by atoms with Gasteiger partial charge >= 0.3 is 0 Å². The minimum Gasteiger partial charge on any atom is -0.380 e. The molecule has 11 heavy (non-hydrogen) atoms. The first-order valence-corrected chi connectivity index (χ1v) is 3.60. The molecule has 5 heteroatoms. The van der Waals surface area contributed by atoms with Crippen molar-refractivity contribution in [2.24, 2.45) is 10.8 Å². The van der Waals surface area contributed by atoms with Crippen molar-refractivity contribution in [3.8, 4) is 0 Å². The van der Waals surface area contributed by atoms with Gasteiger partial charge in [-0.2, -0.15) is 0 Å². The second kappa shape index (κ2) is 7.30. The maximum atomic E-state index is 5.11. The normalized spacial score (nSPS) is 11.4. The molecule has 0 rings (SSSR count). The zero-order chi connectivity index (χ0) is 8.53. The van der Waals surface area contributed by atoms with E-state index in [-0.39, 0.29) is 0 Å². The number of nitrogens with one attached hydrogen (secondary N) is 2. The second-order valence-corrected chi connectivity index (χ2v) is 1.84. The molecule has 0 aliphatic carbocycles. The summed E-state index contributed by atoms with van der Waals surface area (Å²) in [5.41, 5.74) is 2.41. The summed E-state index contributed by atoms with van der Waals surface area (Å²) in [4.78, 5) is 3.82. The van der Waals surface area contributed by atoms with Crippen LogP contribution in [0.2, 0.25) is 0 Å². The Morgan fingerprint density at radius 2 is 2.36 bits per heavy atom. The highest BCUT2D eigenvalue weighted by Crippen LogP contribution is 1.70. The summed E-state index contributed by atoms with van der Waals surface area (Å²) in [5, 5.41) is 2.94. The monoisotopic (exact) mass is 160 g/mol. The number of aliphatic imine (C=N–C) groups is 1. The van der Waals surface area contributed by atoms with Gasteiger partial charge in [-0.25, -0.2) is 5.84 Å². The van der Waals surface area contributed by atoms with Gasteiger partial charge in [-0.05, 0) is 6.92 Å². The van der Waals surface area contributed by atoms with Gasteiger partial charge in [-0.15, -0.1) is 0 Å². The Morgan fingerprint density at radius 1 is 1.64 bits per heavy atom. The fourth-order valence-corrected chi connectivity index (χ4v) is 0.581. The van der Waals surface area contributed by atoms with Crippen LogP contribution in [-0.2, 0) is 4.74 Å². The Kier molecular flexibility index (Phi) is 6.76. The van der Waals surface area contributed by atoms with Gasteiger partial charge in [0.15, 0.2) is 0 Å². The lowest BCUT2D eigenvalue weighted by Gasteiger charge is -2.07.